The highest BCUT2D eigenvalue weighted by Crippen LogP contribution is 2.16. The first-order valence-corrected chi connectivity index (χ1v) is 7.15. The number of aromatic nitrogens is 3. The van der Waals surface area contributed by atoms with E-state index in [2.05, 4.69) is 20.5 Å². The van der Waals surface area contributed by atoms with Crippen LogP contribution in [-0.4, -0.2) is 41.4 Å². The highest BCUT2D eigenvalue weighted by Gasteiger charge is 2.09. The molecule has 118 valence electrons. The molecule has 1 aromatic heterocycles. The summed E-state index contributed by atoms with van der Waals surface area (Å²) in [6.45, 7) is 2.82. The number of anilines is 1. The number of methoxy groups -OCH3 is 1. The zero-order valence-electron chi connectivity index (χ0n) is 12.8. The molecule has 7 heteroatoms. The molecule has 0 unspecified atom stereocenters. The zero-order valence-corrected chi connectivity index (χ0v) is 12.8. The maximum Gasteiger partial charge on any atom is 0.313 e. The molecule has 1 aromatic carbocycles. The van der Waals surface area contributed by atoms with E-state index in [-0.39, 0.29) is 12.4 Å². The van der Waals surface area contributed by atoms with Crippen molar-refractivity contribution in [2.45, 2.75) is 19.8 Å². The van der Waals surface area contributed by atoms with Gasteiger partial charge in [0.1, 0.15) is 18.0 Å². The van der Waals surface area contributed by atoms with Crippen LogP contribution in [0.15, 0.2) is 24.3 Å². The van der Waals surface area contributed by atoms with Crippen molar-refractivity contribution < 1.29 is 14.3 Å². The van der Waals surface area contributed by atoms with Crippen molar-refractivity contribution in [1.82, 2.24) is 15.2 Å². The minimum atomic E-state index is -0.306. The second-order valence-corrected chi connectivity index (χ2v) is 4.59. The SMILES string of the molecule is CCOC(=O)Cc1nc(CCNc2cccc(OC)c2)n[nH]1. The number of carbonyl (C=O) groups excluding carboxylic acids is 1. The molecular formula is C15H20N4O3. The van der Waals surface area contributed by atoms with E-state index in [1.807, 2.05) is 24.3 Å². The number of hydrogen-bond donors (Lipinski definition) is 2. The summed E-state index contributed by atoms with van der Waals surface area (Å²) < 4.78 is 10.0. The van der Waals surface area contributed by atoms with E-state index < -0.39 is 0 Å². The van der Waals surface area contributed by atoms with Crippen LogP contribution >= 0.6 is 0 Å². The summed E-state index contributed by atoms with van der Waals surface area (Å²) in [5.74, 6) is 1.68. The summed E-state index contributed by atoms with van der Waals surface area (Å²) in [7, 11) is 1.64. The molecule has 0 bridgehead atoms. The summed E-state index contributed by atoms with van der Waals surface area (Å²) in [5.41, 5.74) is 0.974. The summed E-state index contributed by atoms with van der Waals surface area (Å²) in [6.07, 6.45) is 0.765. The number of rotatable bonds is 8. The third kappa shape index (κ3) is 4.76. The molecule has 0 saturated carbocycles. The minimum absolute atomic E-state index is 0.115. The fraction of sp³-hybridized carbons (Fsp3) is 0.400. The highest BCUT2D eigenvalue weighted by molar-refractivity contribution is 5.71. The van der Waals surface area contributed by atoms with Gasteiger partial charge in [-0.3, -0.25) is 9.89 Å². The maximum atomic E-state index is 11.3. The lowest BCUT2D eigenvalue weighted by atomic mass is 10.3. The molecule has 0 fully saturated rings. The van der Waals surface area contributed by atoms with E-state index in [1.165, 1.54) is 0 Å². The quantitative estimate of drug-likeness (QED) is 0.720. The molecule has 0 aliphatic heterocycles. The first-order valence-electron chi connectivity index (χ1n) is 7.15. The van der Waals surface area contributed by atoms with Gasteiger partial charge in [0.15, 0.2) is 5.82 Å². The Morgan fingerprint density at radius 1 is 1.41 bits per heavy atom. The number of nitrogens with one attached hydrogen (secondary N) is 2. The largest absolute Gasteiger partial charge is 0.497 e. The molecule has 0 aliphatic carbocycles. The summed E-state index contributed by atoms with van der Waals surface area (Å²) >= 11 is 0. The van der Waals surface area contributed by atoms with Crippen LogP contribution in [-0.2, 0) is 22.4 Å². The average Bonchev–Trinajstić information content (AvgIpc) is 2.95. The lowest BCUT2D eigenvalue weighted by Gasteiger charge is -2.06. The molecule has 2 rings (SSSR count). The van der Waals surface area contributed by atoms with Crippen LogP contribution in [0.1, 0.15) is 18.6 Å². The van der Waals surface area contributed by atoms with Gasteiger partial charge in [-0.05, 0) is 19.1 Å². The van der Waals surface area contributed by atoms with E-state index in [0.717, 1.165) is 11.4 Å². The minimum Gasteiger partial charge on any atom is -0.497 e. The Balaban J connectivity index is 1.79. The molecule has 0 saturated heterocycles. The molecule has 0 amide bonds. The van der Waals surface area contributed by atoms with Gasteiger partial charge >= 0.3 is 5.97 Å². The standard InChI is InChI=1S/C15H20N4O3/c1-3-22-15(20)10-14-17-13(18-19-14)7-8-16-11-5-4-6-12(9-11)21-2/h4-6,9,16H,3,7-8,10H2,1-2H3,(H,17,18,19). The smallest absolute Gasteiger partial charge is 0.313 e. The Hall–Kier alpha value is -2.57. The zero-order chi connectivity index (χ0) is 15.8. The molecule has 0 atom stereocenters. The Bertz CT molecular complexity index is 612. The topological polar surface area (TPSA) is 89.1 Å². The first-order chi connectivity index (χ1) is 10.7. The number of ether oxygens (including phenoxy) is 2. The molecule has 0 radical (unpaired) electrons. The number of carbonyl (C=O) groups is 1. The van der Waals surface area contributed by atoms with Gasteiger partial charge in [-0.2, -0.15) is 5.10 Å². The predicted molar refractivity (Wildman–Crippen MR) is 81.9 cm³/mol. The van der Waals surface area contributed by atoms with Crippen LogP contribution in [0.2, 0.25) is 0 Å². The number of hydrogen-bond acceptors (Lipinski definition) is 6. The van der Waals surface area contributed by atoms with E-state index in [1.54, 1.807) is 14.0 Å². The van der Waals surface area contributed by atoms with Crippen molar-refractivity contribution in [3.63, 3.8) is 0 Å². The fourth-order valence-electron chi connectivity index (χ4n) is 1.93. The molecule has 22 heavy (non-hydrogen) atoms. The van der Waals surface area contributed by atoms with Gasteiger partial charge in [-0.15, -0.1) is 0 Å². The molecule has 0 aliphatic rings. The van der Waals surface area contributed by atoms with Crippen molar-refractivity contribution in [3.05, 3.63) is 35.9 Å². The van der Waals surface area contributed by atoms with E-state index in [9.17, 15) is 4.79 Å². The summed E-state index contributed by atoms with van der Waals surface area (Å²) in [4.78, 5) is 15.6. The second kappa shape index (κ2) is 8.02. The third-order valence-electron chi connectivity index (χ3n) is 2.94. The van der Waals surface area contributed by atoms with Crippen LogP contribution in [0, 0.1) is 0 Å². The summed E-state index contributed by atoms with van der Waals surface area (Å²) in [5, 5.41) is 10.1. The number of H-pyrrole nitrogens is 1. The van der Waals surface area contributed by atoms with Gasteiger partial charge in [-0.1, -0.05) is 6.07 Å². The van der Waals surface area contributed by atoms with E-state index in [0.29, 0.717) is 31.2 Å². The van der Waals surface area contributed by atoms with Gasteiger partial charge in [0.25, 0.3) is 0 Å². The number of esters is 1. The summed E-state index contributed by atoms with van der Waals surface area (Å²) in [6, 6.07) is 7.70. The fourth-order valence-corrected chi connectivity index (χ4v) is 1.93. The number of nitrogens with zero attached hydrogens (tertiary/aromatic N) is 2. The van der Waals surface area contributed by atoms with Crippen molar-refractivity contribution >= 4 is 11.7 Å². The monoisotopic (exact) mass is 304 g/mol. The van der Waals surface area contributed by atoms with Crippen molar-refractivity contribution in [2.75, 3.05) is 25.6 Å². The molecule has 1 heterocycles. The van der Waals surface area contributed by atoms with Gasteiger partial charge in [-0.25, -0.2) is 4.98 Å². The van der Waals surface area contributed by atoms with Gasteiger partial charge in [0.2, 0.25) is 0 Å². The van der Waals surface area contributed by atoms with Crippen LogP contribution in [0.5, 0.6) is 5.75 Å². The van der Waals surface area contributed by atoms with Crippen molar-refractivity contribution in [1.29, 1.82) is 0 Å². The van der Waals surface area contributed by atoms with Crippen LogP contribution < -0.4 is 10.1 Å². The predicted octanol–water partition coefficient (Wildman–Crippen LogP) is 1.57. The number of aromatic amines is 1. The molecular weight excluding hydrogens is 284 g/mol. The Kier molecular flexibility index (Phi) is 5.76. The molecule has 0 spiro atoms. The van der Waals surface area contributed by atoms with Crippen LogP contribution in [0.25, 0.3) is 0 Å². The van der Waals surface area contributed by atoms with Crippen LogP contribution in [0.3, 0.4) is 0 Å². The number of benzene rings is 1. The highest BCUT2D eigenvalue weighted by atomic mass is 16.5. The van der Waals surface area contributed by atoms with Gasteiger partial charge in [0, 0.05) is 24.7 Å². The second-order valence-electron chi connectivity index (χ2n) is 4.59. The van der Waals surface area contributed by atoms with Crippen LogP contribution in [0.4, 0.5) is 5.69 Å². The Morgan fingerprint density at radius 2 is 2.27 bits per heavy atom. The average molecular weight is 304 g/mol. The van der Waals surface area contributed by atoms with E-state index in [4.69, 9.17) is 9.47 Å². The maximum absolute atomic E-state index is 11.3. The lowest BCUT2D eigenvalue weighted by Crippen LogP contribution is -2.09. The first kappa shape index (κ1) is 15.8. The Labute approximate surface area is 129 Å². The molecule has 2 aromatic rings. The third-order valence-corrected chi connectivity index (χ3v) is 2.94. The Morgan fingerprint density at radius 3 is 3.05 bits per heavy atom. The van der Waals surface area contributed by atoms with E-state index >= 15 is 0 Å². The molecule has 7 nitrogen and oxygen atoms in total. The van der Waals surface area contributed by atoms with Crippen molar-refractivity contribution in [2.24, 2.45) is 0 Å². The van der Waals surface area contributed by atoms with Gasteiger partial charge in [0.05, 0.1) is 13.7 Å². The lowest BCUT2D eigenvalue weighted by molar-refractivity contribution is -0.142. The van der Waals surface area contributed by atoms with Gasteiger partial charge < -0.3 is 14.8 Å². The van der Waals surface area contributed by atoms with Crippen molar-refractivity contribution in [3.8, 4) is 5.75 Å². The molecule has 2 N–H and O–H groups in total. The normalized spacial score (nSPS) is 10.3.